The van der Waals surface area contributed by atoms with E-state index in [0.717, 1.165) is 49.9 Å². The van der Waals surface area contributed by atoms with Crippen molar-refractivity contribution >= 4 is 73.5 Å². The van der Waals surface area contributed by atoms with Crippen molar-refractivity contribution in [3.05, 3.63) is 51.2 Å². The first-order valence-electron chi connectivity index (χ1n) is 11.3. The molecule has 0 spiro atoms. The molecule has 0 amide bonds. The molecule has 0 N–H and O–H groups in total. The first-order chi connectivity index (χ1) is 16.0. The minimum atomic E-state index is -0.447. The highest BCUT2D eigenvalue weighted by Crippen LogP contribution is 2.37. The fourth-order valence-corrected chi connectivity index (χ4v) is 4.54. The minimum absolute atomic E-state index is 0.371. The van der Waals surface area contributed by atoms with Crippen LogP contribution < -0.4 is 5.46 Å². The SMILES string of the molecule is CCn1cc2c(Cl)c(B3OC(C)(C)C(C)(C)O3)ccc2n1.CCn1cc2c(Cl)c(Br)ccc2n1. The number of aryl methyl sites for hydroxylation is 2. The molecule has 0 bridgehead atoms. The van der Waals surface area contributed by atoms with Gasteiger partial charge in [-0.05, 0) is 75.7 Å². The highest BCUT2D eigenvalue weighted by molar-refractivity contribution is 9.10. The molecule has 6 nitrogen and oxygen atoms in total. The van der Waals surface area contributed by atoms with E-state index in [4.69, 9.17) is 32.5 Å². The Bertz CT molecular complexity index is 1340. The summed E-state index contributed by atoms with van der Waals surface area (Å²) >= 11 is 16.0. The summed E-state index contributed by atoms with van der Waals surface area (Å²) < 4.78 is 16.8. The molecular formula is C24H28BBrCl2N4O2. The fraction of sp³-hybridized carbons (Fsp3) is 0.417. The predicted octanol–water partition coefficient (Wildman–Crippen LogP) is 6.48. The van der Waals surface area contributed by atoms with Crippen molar-refractivity contribution in [1.82, 2.24) is 19.6 Å². The van der Waals surface area contributed by atoms with E-state index in [1.165, 1.54) is 0 Å². The van der Waals surface area contributed by atoms with Crippen LogP contribution in [-0.4, -0.2) is 37.9 Å². The van der Waals surface area contributed by atoms with Crippen molar-refractivity contribution in [3.63, 3.8) is 0 Å². The number of hydrogen-bond donors (Lipinski definition) is 0. The van der Waals surface area contributed by atoms with Crippen LogP contribution in [-0.2, 0) is 22.4 Å². The van der Waals surface area contributed by atoms with Crippen LogP contribution in [0.5, 0.6) is 0 Å². The normalized spacial score (nSPS) is 16.8. The molecule has 0 unspecified atom stereocenters. The Labute approximate surface area is 218 Å². The maximum absolute atomic E-state index is 6.56. The van der Waals surface area contributed by atoms with Gasteiger partial charge in [0.15, 0.2) is 0 Å². The van der Waals surface area contributed by atoms with Gasteiger partial charge in [0, 0.05) is 46.2 Å². The molecule has 0 saturated carbocycles. The lowest BCUT2D eigenvalue weighted by Gasteiger charge is -2.32. The number of rotatable bonds is 3. The van der Waals surface area contributed by atoms with Crippen LogP contribution in [0.4, 0.5) is 0 Å². The van der Waals surface area contributed by atoms with Gasteiger partial charge in [0.1, 0.15) is 0 Å². The molecule has 5 rings (SSSR count). The molecule has 1 aliphatic rings. The van der Waals surface area contributed by atoms with E-state index < -0.39 is 7.12 Å². The van der Waals surface area contributed by atoms with Gasteiger partial charge in [-0.25, -0.2) is 0 Å². The monoisotopic (exact) mass is 564 g/mol. The summed E-state index contributed by atoms with van der Waals surface area (Å²) in [6.45, 7) is 13.9. The highest BCUT2D eigenvalue weighted by atomic mass is 79.9. The Morgan fingerprint density at radius 2 is 1.29 bits per heavy atom. The molecule has 3 heterocycles. The van der Waals surface area contributed by atoms with Gasteiger partial charge in [0.2, 0.25) is 0 Å². The molecule has 4 aromatic rings. The molecule has 2 aromatic carbocycles. The van der Waals surface area contributed by atoms with E-state index in [9.17, 15) is 0 Å². The lowest BCUT2D eigenvalue weighted by atomic mass is 9.78. The summed E-state index contributed by atoms with van der Waals surface area (Å²) in [5.74, 6) is 0. The Kier molecular flexibility index (Phi) is 7.11. The van der Waals surface area contributed by atoms with Gasteiger partial charge in [-0.2, -0.15) is 10.2 Å². The quantitative estimate of drug-likeness (QED) is 0.267. The summed E-state index contributed by atoms with van der Waals surface area (Å²) in [7, 11) is -0.447. The van der Waals surface area contributed by atoms with Gasteiger partial charge in [-0.15, -0.1) is 0 Å². The molecule has 10 heteroatoms. The maximum Gasteiger partial charge on any atom is 0.496 e. The molecule has 1 saturated heterocycles. The molecule has 0 atom stereocenters. The second-order valence-electron chi connectivity index (χ2n) is 9.25. The summed E-state index contributed by atoms with van der Waals surface area (Å²) in [4.78, 5) is 0. The van der Waals surface area contributed by atoms with Gasteiger partial charge in [0.25, 0.3) is 0 Å². The topological polar surface area (TPSA) is 54.1 Å². The lowest BCUT2D eigenvalue weighted by Crippen LogP contribution is -2.41. The number of halogens is 3. The van der Waals surface area contributed by atoms with Gasteiger partial charge < -0.3 is 9.31 Å². The van der Waals surface area contributed by atoms with E-state index in [-0.39, 0.29) is 11.2 Å². The second-order valence-corrected chi connectivity index (χ2v) is 10.9. The van der Waals surface area contributed by atoms with E-state index in [0.29, 0.717) is 5.02 Å². The Morgan fingerprint density at radius 3 is 1.79 bits per heavy atom. The first kappa shape index (κ1) is 25.5. The third kappa shape index (κ3) is 4.63. The average Bonchev–Trinajstić information content (AvgIpc) is 3.45. The van der Waals surface area contributed by atoms with Crippen LogP contribution in [0.15, 0.2) is 41.1 Å². The summed E-state index contributed by atoms with van der Waals surface area (Å²) in [6, 6.07) is 7.78. The van der Waals surface area contributed by atoms with E-state index >= 15 is 0 Å². The van der Waals surface area contributed by atoms with Crippen molar-refractivity contribution in [1.29, 1.82) is 0 Å². The smallest absolute Gasteiger partial charge is 0.399 e. The second kappa shape index (κ2) is 9.47. The van der Waals surface area contributed by atoms with Crippen molar-refractivity contribution in [3.8, 4) is 0 Å². The first-order valence-corrected chi connectivity index (χ1v) is 12.8. The molecule has 180 valence electrons. The minimum Gasteiger partial charge on any atom is -0.399 e. The van der Waals surface area contributed by atoms with Gasteiger partial charge >= 0.3 is 7.12 Å². The van der Waals surface area contributed by atoms with Gasteiger partial charge in [0.05, 0.1) is 32.3 Å². The standard InChI is InChI=1S/C15H20BClN2O2.C9H8BrClN2/c1-6-19-9-10-12(18-19)8-7-11(13(10)17)16-20-14(2,3)15(4,5)21-16;1-2-13-5-6-8(12-13)4-3-7(10)9(6)11/h7-9H,6H2,1-5H3;3-5H,2H2,1H3. The largest absolute Gasteiger partial charge is 0.496 e. The van der Waals surface area contributed by atoms with E-state index in [2.05, 4.69) is 40.0 Å². The van der Waals surface area contributed by atoms with Crippen LogP contribution in [0.25, 0.3) is 21.8 Å². The van der Waals surface area contributed by atoms with Gasteiger partial charge in [-0.3, -0.25) is 9.36 Å². The van der Waals surface area contributed by atoms with Crippen LogP contribution in [0.1, 0.15) is 41.5 Å². The third-order valence-corrected chi connectivity index (χ3v) is 8.20. The molecular weight excluding hydrogens is 538 g/mol. The predicted molar refractivity (Wildman–Crippen MR) is 144 cm³/mol. The summed E-state index contributed by atoms with van der Waals surface area (Å²) in [5, 5.41) is 12.1. The Hall–Kier alpha value is -1.58. The maximum atomic E-state index is 6.56. The molecule has 1 fully saturated rings. The lowest BCUT2D eigenvalue weighted by molar-refractivity contribution is 0.00578. The van der Waals surface area contributed by atoms with Crippen LogP contribution in [0.3, 0.4) is 0 Å². The van der Waals surface area contributed by atoms with E-state index in [1.54, 1.807) is 0 Å². The number of hydrogen-bond acceptors (Lipinski definition) is 4. The highest BCUT2D eigenvalue weighted by Gasteiger charge is 2.52. The fourth-order valence-electron chi connectivity index (χ4n) is 3.68. The molecule has 0 radical (unpaired) electrons. The van der Waals surface area contributed by atoms with Crippen molar-refractivity contribution in [2.24, 2.45) is 0 Å². The zero-order valence-electron chi connectivity index (χ0n) is 20.2. The van der Waals surface area contributed by atoms with E-state index in [1.807, 2.05) is 73.7 Å². The van der Waals surface area contributed by atoms with Crippen molar-refractivity contribution < 1.29 is 9.31 Å². The average molecular weight is 566 g/mol. The van der Waals surface area contributed by atoms with Gasteiger partial charge in [-0.1, -0.05) is 29.3 Å². The third-order valence-electron chi connectivity index (χ3n) is 6.48. The number of fused-ring (bicyclic) bond motifs is 2. The number of nitrogens with zero attached hydrogens (tertiary/aromatic N) is 4. The van der Waals surface area contributed by atoms with Crippen molar-refractivity contribution in [2.75, 3.05) is 0 Å². The van der Waals surface area contributed by atoms with Crippen LogP contribution >= 0.6 is 39.1 Å². The molecule has 1 aliphatic heterocycles. The molecule has 0 aliphatic carbocycles. The Balaban J connectivity index is 0.000000180. The van der Waals surface area contributed by atoms with Crippen molar-refractivity contribution in [2.45, 2.75) is 65.8 Å². The van der Waals surface area contributed by atoms with Crippen LogP contribution in [0, 0.1) is 0 Å². The zero-order valence-corrected chi connectivity index (χ0v) is 23.3. The Morgan fingerprint density at radius 1 is 0.824 bits per heavy atom. The number of aromatic nitrogens is 4. The zero-order chi connectivity index (χ0) is 24.8. The molecule has 34 heavy (non-hydrogen) atoms. The summed E-state index contributed by atoms with van der Waals surface area (Å²) in [6.07, 6.45) is 3.93. The molecule has 2 aromatic heterocycles. The number of benzene rings is 2. The summed E-state index contributed by atoms with van der Waals surface area (Å²) in [5.41, 5.74) is 1.95. The van der Waals surface area contributed by atoms with Crippen LogP contribution in [0.2, 0.25) is 10.0 Å².